The zero-order chi connectivity index (χ0) is 15.7. The molecule has 3 rings (SSSR count). The Morgan fingerprint density at radius 2 is 1.55 bits per heavy atom. The van der Waals surface area contributed by atoms with Crippen LogP contribution in [0.4, 0.5) is 5.69 Å². The maximum Gasteiger partial charge on any atom is 0.273 e. The minimum atomic E-state index is -0.421. The van der Waals surface area contributed by atoms with Gasteiger partial charge in [0.25, 0.3) is 5.69 Å². The Kier molecular flexibility index (Phi) is 3.42. The second kappa shape index (κ2) is 5.40. The van der Waals surface area contributed by atoms with Gasteiger partial charge < -0.3 is 4.42 Å². The van der Waals surface area contributed by atoms with E-state index in [1.807, 2.05) is 31.2 Å². The fourth-order valence-corrected chi connectivity index (χ4v) is 2.09. The van der Waals surface area contributed by atoms with Crippen molar-refractivity contribution in [1.29, 1.82) is 0 Å². The first-order valence-corrected chi connectivity index (χ1v) is 6.70. The van der Waals surface area contributed by atoms with Crippen LogP contribution in [0.2, 0.25) is 0 Å². The van der Waals surface area contributed by atoms with Crippen LogP contribution in [-0.2, 0) is 0 Å². The highest BCUT2D eigenvalue weighted by Crippen LogP contribution is 2.28. The van der Waals surface area contributed by atoms with Crippen LogP contribution in [0.15, 0.2) is 46.9 Å². The van der Waals surface area contributed by atoms with Crippen LogP contribution in [0.25, 0.3) is 22.9 Å². The van der Waals surface area contributed by atoms with Gasteiger partial charge in [-0.1, -0.05) is 23.8 Å². The van der Waals surface area contributed by atoms with Crippen molar-refractivity contribution < 1.29 is 9.34 Å². The van der Waals surface area contributed by atoms with Gasteiger partial charge in [-0.05, 0) is 32.0 Å². The van der Waals surface area contributed by atoms with Crippen LogP contribution in [-0.4, -0.2) is 15.1 Å². The van der Waals surface area contributed by atoms with E-state index in [2.05, 4.69) is 10.2 Å². The van der Waals surface area contributed by atoms with Crippen molar-refractivity contribution in [2.75, 3.05) is 0 Å². The maximum absolute atomic E-state index is 11.0. The topological polar surface area (TPSA) is 82.1 Å². The highest BCUT2D eigenvalue weighted by Gasteiger charge is 2.16. The Morgan fingerprint density at radius 3 is 2.18 bits per heavy atom. The molecule has 110 valence electrons. The van der Waals surface area contributed by atoms with Gasteiger partial charge in [0.1, 0.15) is 0 Å². The summed E-state index contributed by atoms with van der Waals surface area (Å²) in [6, 6.07) is 12.5. The highest BCUT2D eigenvalue weighted by atomic mass is 16.6. The molecule has 1 aromatic heterocycles. The van der Waals surface area contributed by atoms with Gasteiger partial charge in [0.05, 0.1) is 4.92 Å². The molecule has 0 bridgehead atoms. The van der Waals surface area contributed by atoms with E-state index >= 15 is 0 Å². The summed E-state index contributed by atoms with van der Waals surface area (Å²) in [6.07, 6.45) is 0. The molecule has 0 fully saturated rings. The van der Waals surface area contributed by atoms with E-state index < -0.39 is 4.92 Å². The van der Waals surface area contributed by atoms with Crippen molar-refractivity contribution in [1.82, 2.24) is 10.2 Å². The number of nitrogens with zero attached hydrogens (tertiary/aromatic N) is 3. The third-order valence-electron chi connectivity index (χ3n) is 3.38. The van der Waals surface area contributed by atoms with Gasteiger partial charge in [-0.15, -0.1) is 10.2 Å². The summed E-state index contributed by atoms with van der Waals surface area (Å²) in [4.78, 5) is 10.6. The number of aromatic nitrogens is 2. The lowest BCUT2D eigenvalue weighted by atomic mass is 10.1. The second-order valence-corrected chi connectivity index (χ2v) is 5.04. The average molecular weight is 295 g/mol. The van der Waals surface area contributed by atoms with E-state index in [-0.39, 0.29) is 11.6 Å². The van der Waals surface area contributed by atoms with Gasteiger partial charge in [-0.3, -0.25) is 10.1 Å². The lowest BCUT2D eigenvalue weighted by Crippen LogP contribution is -1.92. The average Bonchev–Trinajstić information content (AvgIpc) is 2.98. The smallest absolute Gasteiger partial charge is 0.273 e. The molecule has 0 saturated heterocycles. The molecule has 0 aliphatic rings. The summed E-state index contributed by atoms with van der Waals surface area (Å²) in [5.74, 6) is 0.650. The van der Waals surface area contributed by atoms with Crippen molar-refractivity contribution in [2.45, 2.75) is 13.8 Å². The minimum Gasteiger partial charge on any atom is -0.416 e. The van der Waals surface area contributed by atoms with Gasteiger partial charge >= 0.3 is 0 Å². The van der Waals surface area contributed by atoms with Crippen molar-refractivity contribution in [3.63, 3.8) is 0 Å². The maximum atomic E-state index is 11.0. The Bertz CT molecular complexity index is 838. The Balaban J connectivity index is 1.99. The van der Waals surface area contributed by atoms with Crippen LogP contribution < -0.4 is 0 Å². The Morgan fingerprint density at radius 1 is 0.955 bits per heavy atom. The second-order valence-electron chi connectivity index (χ2n) is 5.04. The number of nitro benzene ring substituents is 1. The molecule has 22 heavy (non-hydrogen) atoms. The third-order valence-corrected chi connectivity index (χ3v) is 3.38. The molecule has 0 N–H and O–H groups in total. The fourth-order valence-electron chi connectivity index (χ4n) is 2.09. The SMILES string of the molecule is Cc1ccc(-c2nnc(-c3ccc(C)c([N+](=O)[O-])c3)o2)cc1. The van der Waals surface area contributed by atoms with E-state index in [1.165, 1.54) is 6.07 Å². The van der Waals surface area contributed by atoms with Gasteiger partial charge in [-0.2, -0.15) is 0 Å². The molecule has 0 atom stereocenters. The first-order valence-electron chi connectivity index (χ1n) is 6.70. The Labute approximate surface area is 126 Å². The zero-order valence-corrected chi connectivity index (χ0v) is 12.1. The lowest BCUT2D eigenvalue weighted by molar-refractivity contribution is -0.385. The van der Waals surface area contributed by atoms with E-state index in [1.54, 1.807) is 19.1 Å². The van der Waals surface area contributed by atoms with Gasteiger partial charge in [-0.25, -0.2) is 0 Å². The summed E-state index contributed by atoms with van der Waals surface area (Å²) in [5, 5.41) is 19.0. The molecule has 1 heterocycles. The largest absolute Gasteiger partial charge is 0.416 e. The lowest BCUT2D eigenvalue weighted by Gasteiger charge is -1.99. The number of hydrogen-bond donors (Lipinski definition) is 0. The van der Waals surface area contributed by atoms with Crippen LogP contribution in [0.3, 0.4) is 0 Å². The molecular weight excluding hydrogens is 282 g/mol. The van der Waals surface area contributed by atoms with Crippen LogP contribution >= 0.6 is 0 Å². The quantitative estimate of drug-likeness (QED) is 0.540. The predicted octanol–water partition coefficient (Wildman–Crippen LogP) is 3.93. The van der Waals surface area contributed by atoms with Crippen LogP contribution in [0, 0.1) is 24.0 Å². The standard InChI is InChI=1S/C16H13N3O3/c1-10-3-6-12(7-4-10)15-17-18-16(22-15)13-8-5-11(2)14(9-13)19(20)21/h3-9H,1-2H3. The van der Waals surface area contributed by atoms with Crippen molar-refractivity contribution in [3.05, 3.63) is 63.7 Å². The van der Waals surface area contributed by atoms with E-state index in [0.717, 1.165) is 11.1 Å². The number of benzene rings is 2. The van der Waals surface area contributed by atoms with E-state index in [0.29, 0.717) is 17.0 Å². The molecule has 6 nitrogen and oxygen atoms in total. The monoisotopic (exact) mass is 295 g/mol. The number of rotatable bonds is 3. The summed E-state index contributed by atoms with van der Waals surface area (Å²) in [7, 11) is 0. The summed E-state index contributed by atoms with van der Waals surface area (Å²) >= 11 is 0. The third kappa shape index (κ3) is 2.58. The predicted molar refractivity (Wildman–Crippen MR) is 81.3 cm³/mol. The van der Waals surface area contributed by atoms with E-state index in [9.17, 15) is 10.1 Å². The Hall–Kier alpha value is -3.02. The molecule has 2 aromatic carbocycles. The molecule has 0 saturated carbocycles. The number of aryl methyl sites for hydroxylation is 2. The number of nitro groups is 1. The van der Waals surface area contributed by atoms with Crippen molar-refractivity contribution >= 4 is 5.69 Å². The molecule has 0 spiro atoms. The summed E-state index contributed by atoms with van der Waals surface area (Å²) in [6.45, 7) is 3.68. The normalized spacial score (nSPS) is 10.6. The molecule has 0 radical (unpaired) electrons. The van der Waals surface area contributed by atoms with Gasteiger partial charge in [0.15, 0.2) is 0 Å². The summed E-state index contributed by atoms with van der Waals surface area (Å²) in [5.41, 5.74) is 3.10. The van der Waals surface area contributed by atoms with Crippen LogP contribution in [0.1, 0.15) is 11.1 Å². The number of hydrogen-bond acceptors (Lipinski definition) is 5. The van der Waals surface area contributed by atoms with Gasteiger partial charge in [0, 0.05) is 22.8 Å². The van der Waals surface area contributed by atoms with E-state index in [4.69, 9.17) is 4.42 Å². The highest BCUT2D eigenvalue weighted by molar-refractivity contribution is 5.62. The van der Waals surface area contributed by atoms with Crippen LogP contribution in [0.5, 0.6) is 0 Å². The first-order chi connectivity index (χ1) is 10.5. The molecule has 3 aromatic rings. The molecule has 0 aliphatic carbocycles. The van der Waals surface area contributed by atoms with Gasteiger partial charge in [0.2, 0.25) is 11.8 Å². The minimum absolute atomic E-state index is 0.0348. The molecule has 0 amide bonds. The molecule has 6 heteroatoms. The summed E-state index contributed by atoms with van der Waals surface area (Å²) < 4.78 is 5.63. The first kappa shape index (κ1) is 13.9. The van der Waals surface area contributed by atoms with Crippen molar-refractivity contribution in [3.8, 4) is 22.9 Å². The molecule has 0 unspecified atom stereocenters. The fraction of sp³-hybridized carbons (Fsp3) is 0.125. The zero-order valence-electron chi connectivity index (χ0n) is 12.1. The van der Waals surface area contributed by atoms with Crippen molar-refractivity contribution in [2.24, 2.45) is 0 Å². The molecular formula is C16H13N3O3. The molecule has 0 aliphatic heterocycles.